The molecule has 0 aliphatic heterocycles. The number of rotatable bonds is 2. The Morgan fingerprint density at radius 2 is 1.00 bits per heavy atom. The van der Waals surface area contributed by atoms with Gasteiger partial charge in [0.15, 0.2) is 0 Å². The van der Waals surface area contributed by atoms with Crippen molar-refractivity contribution >= 4 is 22.4 Å². The Morgan fingerprint density at radius 3 is 1.45 bits per heavy atom. The third-order valence-electron chi connectivity index (χ3n) is 6.02. The molecular weight excluding hydrogens is 396 g/mol. The molecule has 0 saturated carbocycles. The van der Waals surface area contributed by atoms with E-state index in [2.05, 4.69) is 108 Å². The summed E-state index contributed by atoms with van der Waals surface area (Å²) in [7, 11) is 0. The summed E-state index contributed by atoms with van der Waals surface area (Å²) in [4.78, 5) is 0. The Hall–Kier alpha value is -2.57. The normalized spacial score (nSPS) is 12.4. The molecule has 0 amide bonds. The topological polar surface area (TPSA) is 0 Å². The molecule has 0 aliphatic carbocycles. The van der Waals surface area contributed by atoms with Crippen LogP contribution in [0.25, 0.3) is 33.0 Å². The van der Waals surface area contributed by atoms with Crippen molar-refractivity contribution in [2.24, 2.45) is 0 Å². The van der Waals surface area contributed by atoms with Crippen molar-refractivity contribution in [2.75, 3.05) is 0 Å². The van der Waals surface area contributed by atoms with E-state index in [9.17, 15) is 0 Å². The molecule has 1 heteroatoms. The molecule has 0 bridgehead atoms. The van der Waals surface area contributed by atoms with E-state index in [1.165, 1.54) is 44.2 Å². The smallest absolute Gasteiger partial charge is 0.0406 e. The third kappa shape index (κ3) is 4.41. The van der Waals surface area contributed by atoms with Gasteiger partial charge in [-0.2, -0.15) is 0 Å². The van der Waals surface area contributed by atoms with Crippen LogP contribution in [0.5, 0.6) is 0 Å². The largest absolute Gasteiger partial charge is 0.0843 e. The minimum Gasteiger partial charge on any atom is -0.0843 e. The van der Waals surface area contributed by atoms with E-state index in [1.54, 1.807) is 0 Å². The first kappa shape index (κ1) is 21.7. The molecule has 0 spiro atoms. The van der Waals surface area contributed by atoms with E-state index in [-0.39, 0.29) is 10.8 Å². The van der Waals surface area contributed by atoms with E-state index in [0.29, 0.717) is 0 Å². The fourth-order valence-electron chi connectivity index (χ4n) is 4.08. The van der Waals surface area contributed by atoms with Gasteiger partial charge < -0.3 is 0 Å². The van der Waals surface area contributed by atoms with Gasteiger partial charge in [0.1, 0.15) is 0 Å². The molecule has 0 nitrogen and oxygen atoms in total. The summed E-state index contributed by atoms with van der Waals surface area (Å²) < 4.78 is 0. The Bertz CT molecular complexity index is 1210. The average Bonchev–Trinajstić information content (AvgIpc) is 2.72. The van der Waals surface area contributed by atoms with Crippen LogP contribution in [0.1, 0.15) is 52.7 Å². The van der Waals surface area contributed by atoms with Crippen LogP contribution in [0.3, 0.4) is 0 Å². The number of benzene rings is 4. The van der Waals surface area contributed by atoms with Gasteiger partial charge in [0.25, 0.3) is 0 Å². The number of hydrogen-bond acceptors (Lipinski definition) is 0. The molecular formula is C30H31Cl. The van der Waals surface area contributed by atoms with Crippen LogP contribution >= 0.6 is 11.6 Å². The molecule has 0 unspecified atom stereocenters. The zero-order valence-corrected chi connectivity index (χ0v) is 20.1. The summed E-state index contributed by atoms with van der Waals surface area (Å²) in [6.07, 6.45) is 0. The van der Waals surface area contributed by atoms with Crippen LogP contribution in [-0.2, 0) is 10.8 Å². The molecule has 0 heterocycles. The Balaban J connectivity index is 2.17. The molecule has 31 heavy (non-hydrogen) atoms. The quantitative estimate of drug-likeness (QED) is 0.299. The minimum absolute atomic E-state index is 0.0556. The first-order valence-corrected chi connectivity index (χ1v) is 11.4. The molecule has 0 aliphatic rings. The van der Waals surface area contributed by atoms with Crippen molar-refractivity contribution in [1.82, 2.24) is 0 Å². The van der Waals surface area contributed by atoms with E-state index in [1.807, 2.05) is 12.1 Å². The van der Waals surface area contributed by atoms with E-state index in [0.717, 1.165) is 5.02 Å². The van der Waals surface area contributed by atoms with Crippen LogP contribution in [0.4, 0.5) is 0 Å². The van der Waals surface area contributed by atoms with Crippen molar-refractivity contribution < 1.29 is 0 Å². The average molecular weight is 427 g/mol. The van der Waals surface area contributed by atoms with E-state index in [4.69, 9.17) is 11.6 Å². The molecule has 0 atom stereocenters. The predicted molar refractivity (Wildman–Crippen MR) is 137 cm³/mol. The zero-order valence-electron chi connectivity index (χ0n) is 19.4. The highest BCUT2D eigenvalue weighted by Gasteiger charge is 2.22. The molecule has 4 aromatic rings. The first-order chi connectivity index (χ1) is 14.5. The lowest BCUT2D eigenvalue weighted by atomic mass is 9.79. The molecule has 0 aromatic heterocycles. The molecule has 0 radical (unpaired) electrons. The van der Waals surface area contributed by atoms with E-state index >= 15 is 0 Å². The Kier molecular flexibility index (Phi) is 5.48. The Labute approximate surface area is 191 Å². The van der Waals surface area contributed by atoms with Gasteiger partial charge in [-0.05, 0) is 79.2 Å². The summed E-state index contributed by atoms with van der Waals surface area (Å²) in [6.45, 7) is 13.7. The molecule has 4 aromatic carbocycles. The van der Waals surface area contributed by atoms with Gasteiger partial charge >= 0.3 is 0 Å². The summed E-state index contributed by atoms with van der Waals surface area (Å²) in [5.41, 5.74) is 7.81. The molecule has 0 fully saturated rings. The zero-order chi connectivity index (χ0) is 22.4. The van der Waals surface area contributed by atoms with Crippen molar-refractivity contribution in [3.63, 3.8) is 0 Å². The highest BCUT2D eigenvalue weighted by Crippen LogP contribution is 2.42. The van der Waals surface area contributed by atoms with Crippen LogP contribution in [0.15, 0.2) is 78.9 Å². The van der Waals surface area contributed by atoms with Crippen LogP contribution in [-0.4, -0.2) is 0 Å². The first-order valence-electron chi connectivity index (χ1n) is 11.0. The number of fused-ring (bicyclic) bond motifs is 1. The van der Waals surface area contributed by atoms with E-state index < -0.39 is 0 Å². The van der Waals surface area contributed by atoms with Gasteiger partial charge in [0.05, 0.1) is 0 Å². The fourth-order valence-corrected chi connectivity index (χ4v) is 4.21. The van der Waals surface area contributed by atoms with Gasteiger partial charge in [0, 0.05) is 5.02 Å². The van der Waals surface area contributed by atoms with Crippen LogP contribution in [0.2, 0.25) is 5.02 Å². The summed E-state index contributed by atoms with van der Waals surface area (Å²) >= 11 is 6.22. The van der Waals surface area contributed by atoms with Gasteiger partial charge in [-0.15, -0.1) is 0 Å². The second kappa shape index (κ2) is 7.84. The second-order valence-corrected chi connectivity index (χ2v) is 11.0. The lowest BCUT2D eigenvalue weighted by Gasteiger charge is -2.26. The predicted octanol–water partition coefficient (Wildman–Crippen LogP) is 9.42. The molecule has 0 saturated heterocycles. The fraction of sp³-hybridized carbons (Fsp3) is 0.267. The van der Waals surface area contributed by atoms with Crippen molar-refractivity contribution in [3.8, 4) is 22.3 Å². The lowest BCUT2D eigenvalue weighted by Crippen LogP contribution is -2.13. The maximum Gasteiger partial charge on any atom is 0.0406 e. The second-order valence-electron chi connectivity index (χ2n) is 10.5. The minimum atomic E-state index is 0.0556. The van der Waals surface area contributed by atoms with Gasteiger partial charge in [-0.25, -0.2) is 0 Å². The third-order valence-corrected chi connectivity index (χ3v) is 6.27. The maximum atomic E-state index is 6.22. The molecule has 158 valence electrons. The van der Waals surface area contributed by atoms with Crippen LogP contribution in [0, 0.1) is 0 Å². The van der Waals surface area contributed by atoms with Crippen molar-refractivity contribution in [1.29, 1.82) is 0 Å². The summed E-state index contributed by atoms with van der Waals surface area (Å²) in [5.74, 6) is 0. The van der Waals surface area contributed by atoms with Gasteiger partial charge in [-0.1, -0.05) is 108 Å². The van der Waals surface area contributed by atoms with Gasteiger partial charge in [0.2, 0.25) is 0 Å². The monoisotopic (exact) mass is 426 g/mol. The molecule has 4 rings (SSSR count). The van der Waals surface area contributed by atoms with Crippen molar-refractivity contribution in [2.45, 2.75) is 52.4 Å². The number of halogens is 1. The lowest BCUT2D eigenvalue weighted by molar-refractivity contribution is 0.589. The molecule has 0 N–H and O–H groups in total. The maximum absolute atomic E-state index is 6.22. The Morgan fingerprint density at radius 1 is 0.548 bits per heavy atom. The summed E-state index contributed by atoms with van der Waals surface area (Å²) in [6, 6.07) is 28.5. The highest BCUT2D eigenvalue weighted by atomic mass is 35.5. The highest BCUT2D eigenvalue weighted by molar-refractivity contribution is 6.30. The standard InChI is InChI=1S/C30H31Cl/c1-29(2,3)23-16-22-17-24(30(4,5)6)19-27(21-12-14-25(31)15-13-21)28(22)26(18-23)20-10-8-7-9-11-20/h7-19H,1-6H3. The van der Waals surface area contributed by atoms with Crippen LogP contribution < -0.4 is 0 Å². The van der Waals surface area contributed by atoms with Gasteiger partial charge in [-0.3, -0.25) is 0 Å². The summed E-state index contributed by atoms with van der Waals surface area (Å²) in [5, 5.41) is 3.36. The number of hydrogen-bond donors (Lipinski definition) is 0. The van der Waals surface area contributed by atoms with Crippen molar-refractivity contribution in [3.05, 3.63) is 95.0 Å². The SMILES string of the molecule is CC(C)(C)c1cc(-c2ccccc2)c2c(-c3ccc(Cl)cc3)cc(C(C)(C)C)cc2c1.